The fraction of sp³-hybridized carbons (Fsp3) is 0.529. The average molecular weight is 301 g/mol. The number of hydrogen-bond acceptors (Lipinski definition) is 3. The number of amides is 2. The minimum absolute atomic E-state index is 0.0461. The van der Waals surface area contributed by atoms with Crippen molar-refractivity contribution in [3.8, 4) is 0 Å². The van der Waals surface area contributed by atoms with Gasteiger partial charge in [-0.25, -0.2) is 0 Å². The predicted octanol–water partition coefficient (Wildman–Crippen LogP) is 1.57. The number of nitrogens with one attached hydrogen (secondary N) is 2. The Kier molecular flexibility index (Phi) is 4.73. The first kappa shape index (κ1) is 15.0. The molecule has 1 aromatic carbocycles. The predicted molar refractivity (Wildman–Crippen MR) is 85.5 cm³/mol. The molecular weight excluding hydrogens is 278 g/mol. The average Bonchev–Trinajstić information content (AvgIpc) is 3.00. The highest BCUT2D eigenvalue weighted by Crippen LogP contribution is 2.21. The Morgan fingerprint density at radius 3 is 2.68 bits per heavy atom. The third-order valence-corrected chi connectivity index (χ3v) is 4.41. The molecule has 1 atom stereocenters. The van der Waals surface area contributed by atoms with Crippen molar-refractivity contribution in [2.75, 3.05) is 18.0 Å². The molecule has 2 amide bonds. The number of rotatable bonds is 4. The lowest BCUT2D eigenvalue weighted by Crippen LogP contribution is -2.46. The summed E-state index contributed by atoms with van der Waals surface area (Å²) in [6, 6.07) is 7.84. The van der Waals surface area contributed by atoms with Crippen molar-refractivity contribution in [3.05, 3.63) is 29.8 Å². The molecule has 1 aromatic rings. The van der Waals surface area contributed by atoms with Crippen molar-refractivity contribution >= 4 is 17.5 Å². The molecule has 0 radical (unpaired) electrons. The first-order valence-corrected chi connectivity index (χ1v) is 8.14. The Bertz CT molecular complexity index is 535. The lowest BCUT2D eigenvalue weighted by Gasteiger charge is -2.22. The number of carbonyl (C=O) groups excluding carboxylic acids is 2. The van der Waals surface area contributed by atoms with Crippen molar-refractivity contribution in [2.24, 2.45) is 0 Å². The summed E-state index contributed by atoms with van der Waals surface area (Å²) in [6.07, 6.45) is 4.77. The van der Waals surface area contributed by atoms with E-state index in [1.165, 1.54) is 0 Å². The van der Waals surface area contributed by atoms with Crippen molar-refractivity contribution in [2.45, 2.75) is 44.7 Å². The molecule has 0 unspecified atom stereocenters. The van der Waals surface area contributed by atoms with Gasteiger partial charge in [-0.15, -0.1) is 0 Å². The Morgan fingerprint density at radius 2 is 2.05 bits per heavy atom. The van der Waals surface area contributed by atoms with Gasteiger partial charge in [0.1, 0.15) is 0 Å². The minimum atomic E-state index is -0.0461. The summed E-state index contributed by atoms with van der Waals surface area (Å²) in [7, 11) is 0. The maximum Gasteiger partial charge on any atom is 0.237 e. The fourth-order valence-corrected chi connectivity index (χ4v) is 3.10. The number of benzene rings is 1. The van der Waals surface area contributed by atoms with E-state index in [4.69, 9.17) is 0 Å². The van der Waals surface area contributed by atoms with Gasteiger partial charge in [-0.1, -0.05) is 18.6 Å². The first-order chi connectivity index (χ1) is 10.7. The smallest absolute Gasteiger partial charge is 0.237 e. The monoisotopic (exact) mass is 301 g/mol. The van der Waals surface area contributed by atoms with Crippen molar-refractivity contribution in [1.29, 1.82) is 0 Å². The quantitative estimate of drug-likeness (QED) is 0.887. The molecule has 22 heavy (non-hydrogen) atoms. The molecule has 2 aliphatic heterocycles. The number of anilines is 1. The Morgan fingerprint density at radius 1 is 1.23 bits per heavy atom. The van der Waals surface area contributed by atoms with Crippen LogP contribution in [0.5, 0.6) is 0 Å². The van der Waals surface area contributed by atoms with E-state index >= 15 is 0 Å². The van der Waals surface area contributed by atoms with E-state index in [0.29, 0.717) is 13.0 Å². The molecule has 2 aliphatic rings. The van der Waals surface area contributed by atoms with E-state index in [0.717, 1.165) is 50.0 Å². The number of piperidine rings is 1. The molecule has 5 heteroatoms. The Balaban J connectivity index is 1.52. The molecule has 0 spiro atoms. The van der Waals surface area contributed by atoms with Gasteiger partial charge in [0.25, 0.3) is 0 Å². The van der Waals surface area contributed by atoms with Gasteiger partial charge in [-0.05, 0) is 43.5 Å². The maximum atomic E-state index is 12.1. The van der Waals surface area contributed by atoms with Crippen LogP contribution in [-0.2, 0) is 16.1 Å². The zero-order valence-electron chi connectivity index (χ0n) is 12.8. The zero-order valence-corrected chi connectivity index (χ0v) is 12.8. The molecule has 0 saturated carbocycles. The third kappa shape index (κ3) is 3.47. The Hall–Kier alpha value is -1.88. The maximum absolute atomic E-state index is 12.1. The summed E-state index contributed by atoms with van der Waals surface area (Å²) in [5, 5.41) is 6.23. The summed E-state index contributed by atoms with van der Waals surface area (Å²) in [6.45, 7) is 2.27. The minimum Gasteiger partial charge on any atom is -0.351 e. The third-order valence-electron chi connectivity index (χ3n) is 4.41. The van der Waals surface area contributed by atoms with Crippen LogP contribution in [0.15, 0.2) is 24.3 Å². The van der Waals surface area contributed by atoms with Gasteiger partial charge in [0.15, 0.2) is 0 Å². The van der Waals surface area contributed by atoms with Crippen LogP contribution < -0.4 is 15.5 Å². The molecule has 2 fully saturated rings. The molecular formula is C17H23N3O2. The van der Waals surface area contributed by atoms with Gasteiger partial charge in [0.05, 0.1) is 6.04 Å². The van der Waals surface area contributed by atoms with E-state index < -0.39 is 0 Å². The molecule has 3 rings (SSSR count). The van der Waals surface area contributed by atoms with Crippen LogP contribution in [0.3, 0.4) is 0 Å². The van der Waals surface area contributed by atoms with Crippen molar-refractivity contribution in [3.63, 3.8) is 0 Å². The van der Waals surface area contributed by atoms with Gasteiger partial charge in [0.2, 0.25) is 11.8 Å². The van der Waals surface area contributed by atoms with Crippen molar-refractivity contribution < 1.29 is 9.59 Å². The van der Waals surface area contributed by atoms with E-state index in [-0.39, 0.29) is 17.9 Å². The van der Waals surface area contributed by atoms with Crippen LogP contribution in [0.1, 0.15) is 37.7 Å². The second kappa shape index (κ2) is 6.92. The summed E-state index contributed by atoms with van der Waals surface area (Å²) in [5.41, 5.74) is 2.01. The summed E-state index contributed by atoms with van der Waals surface area (Å²) in [4.78, 5) is 25.6. The van der Waals surface area contributed by atoms with E-state index in [2.05, 4.69) is 10.6 Å². The lowest BCUT2D eigenvalue weighted by atomic mass is 10.0. The van der Waals surface area contributed by atoms with Gasteiger partial charge in [0, 0.05) is 25.2 Å². The number of hydrogen-bond donors (Lipinski definition) is 2. The molecule has 0 aromatic heterocycles. The molecule has 2 N–H and O–H groups in total. The summed E-state index contributed by atoms with van der Waals surface area (Å²) < 4.78 is 0. The molecule has 2 heterocycles. The van der Waals surface area contributed by atoms with Gasteiger partial charge in [-0.2, -0.15) is 0 Å². The van der Waals surface area contributed by atoms with Crippen LogP contribution in [0.2, 0.25) is 0 Å². The largest absolute Gasteiger partial charge is 0.351 e. The number of carbonyl (C=O) groups is 2. The zero-order chi connectivity index (χ0) is 15.4. The topological polar surface area (TPSA) is 61.4 Å². The summed E-state index contributed by atoms with van der Waals surface area (Å²) in [5.74, 6) is 0.280. The van der Waals surface area contributed by atoms with Crippen LogP contribution in [0, 0.1) is 0 Å². The van der Waals surface area contributed by atoms with Crippen LogP contribution >= 0.6 is 0 Å². The Labute approximate surface area is 131 Å². The van der Waals surface area contributed by atoms with Crippen molar-refractivity contribution in [1.82, 2.24) is 10.6 Å². The van der Waals surface area contributed by atoms with Gasteiger partial charge >= 0.3 is 0 Å². The number of nitrogens with zero attached hydrogens (tertiary/aromatic N) is 1. The molecule has 2 saturated heterocycles. The van der Waals surface area contributed by atoms with Crippen LogP contribution in [-0.4, -0.2) is 30.9 Å². The van der Waals surface area contributed by atoms with Gasteiger partial charge < -0.3 is 15.5 Å². The van der Waals surface area contributed by atoms with Crippen LogP contribution in [0.25, 0.3) is 0 Å². The second-order valence-corrected chi connectivity index (χ2v) is 6.04. The van der Waals surface area contributed by atoms with E-state index in [1.807, 2.05) is 29.2 Å². The molecule has 0 bridgehead atoms. The second-order valence-electron chi connectivity index (χ2n) is 6.04. The molecule has 5 nitrogen and oxygen atoms in total. The first-order valence-electron chi connectivity index (χ1n) is 8.14. The lowest BCUT2D eigenvalue weighted by molar-refractivity contribution is -0.123. The van der Waals surface area contributed by atoms with Gasteiger partial charge in [-0.3, -0.25) is 9.59 Å². The summed E-state index contributed by atoms with van der Waals surface area (Å²) >= 11 is 0. The van der Waals surface area contributed by atoms with E-state index in [1.54, 1.807) is 0 Å². The fourth-order valence-electron chi connectivity index (χ4n) is 3.10. The highest BCUT2D eigenvalue weighted by molar-refractivity contribution is 5.95. The molecule has 0 aliphatic carbocycles. The SMILES string of the molecule is O=C(NCc1ccc(N2CCCC2=O)cc1)[C@H]1CCCCN1. The molecule has 118 valence electrons. The van der Waals surface area contributed by atoms with E-state index in [9.17, 15) is 9.59 Å². The van der Waals surface area contributed by atoms with Crippen LogP contribution in [0.4, 0.5) is 5.69 Å². The normalized spacial score (nSPS) is 21.9. The highest BCUT2D eigenvalue weighted by Gasteiger charge is 2.22. The highest BCUT2D eigenvalue weighted by atomic mass is 16.2. The standard InChI is InChI=1S/C17H23N3O2/c21-16-5-3-11-20(16)14-8-6-13(7-9-14)12-19-17(22)15-4-1-2-10-18-15/h6-9,15,18H,1-5,10-12H2,(H,19,22)/t15-/m1/s1.